The van der Waals surface area contributed by atoms with Crippen LogP contribution in [0.15, 0.2) is 66.7 Å². The van der Waals surface area contributed by atoms with Gasteiger partial charge in [-0.1, -0.05) is 59.1 Å². The van der Waals surface area contributed by atoms with Gasteiger partial charge in [0.25, 0.3) is 5.91 Å². The summed E-state index contributed by atoms with van der Waals surface area (Å²) >= 11 is 6.24. The van der Waals surface area contributed by atoms with Crippen molar-refractivity contribution in [3.63, 3.8) is 0 Å². The van der Waals surface area contributed by atoms with E-state index in [1.165, 1.54) is 0 Å². The number of carbonyl (C=O) groups excluding carboxylic acids is 1. The van der Waals surface area contributed by atoms with E-state index in [1.807, 2.05) is 87.5 Å². The average molecular weight is 417 g/mol. The van der Waals surface area contributed by atoms with Crippen LogP contribution >= 0.6 is 11.6 Å². The molecule has 0 saturated carbocycles. The molecule has 4 rings (SSSR count). The molecule has 5 nitrogen and oxygen atoms in total. The smallest absolute Gasteiger partial charge is 0.295 e. The van der Waals surface area contributed by atoms with Crippen LogP contribution in [-0.2, 0) is 0 Å². The van der Waals surface area contributed by atoms with Crippen LogP contribution in [0.4, 0.5) is 5.69 Å². The van der Waals surface area contributed by atoms with Crippen LogP contribution < -0.4 is 5.32 Å². The molecule has 4 aromatic rings. The second-order valence-electron chi connectivity index (χ2n) is 7.29. The van der Waals surface area contributed by atoms with E-state index in [1.54, 1.807) is 4.68 Å². The van der Waals surface area contributed by atoms with Gasteiger partial charge in [0.1, 0.15) is 0 Å². The summed E-state index contributed by atoms with van der Waals surface area (Å²) in [6.07, 6.45) is 0. The molecule has 0 atom stereocenters. The Morgan fingerprint density at radius 1 is 0.933 bits per heavy atom. The lowest BCUT2D eigenvalue weighted by molar-refractivity contribution is 0.101. The highest BCUT2D eigenvalue weighted by Crippen LogP contribution is 2.26. The number of nitrogens with one attached hydrogen (secondary N) is 1. The van der Waals surface area contributed by atoms with Crippen molar-refractivity contribution in [3.05, 3.63) is 94.3 Å². The molecule has 1 amide bonds. The van der Waals surface area contributed by atoms with Crippen molar-refractivity contribution in [2.45, 2.75) is 20.8 Å². The van der Waals surface area contributed by atoms with Crippen LogP contribution in [0.1, 0.15) is 27.3 Å². The minimum Gasteiger partial charge on any atom is -0.319 e. The van der Waals surface area contributed by atoms with E-state index in [4.69, 9.17) is 11.6 Å². The number of carbonyl (C=O) groups is 1. The molecule has 3 aromatic carbocycles. The molecular formula is C24H21ClN4O. The van der Waals surface area contributed by atoms with Crippen LogP contribution in [0, 0.1) is 20.8 Å². The molecule has 0 aliphatic carbocycles. The molecular weight excluding hydrogens is 396 g/mol. The maximum Gasteiger partial charge on any atom is 0.295 e. The Morgan fingerprint density at radius 2 is 1.70 bits per heavy atom. The molecule has 0 fully saturated rings. The number of aromatic nitrogens is 3. The number of rotatable bonds is 4. The van der Waals surface area contributed by atoms with Crippen LogP contribution in [-0.4, -0.2) is 20.7 Å². The molecule has 0 aliphatic rings. The summed E-state index contributed by atoms with van der Waals surface area (Å²) in [7, 11) is 0. The lowest BCUT2D eigenvalue weighted by Crippen LogP contribution is -2.14. The fraction of sp³-hybridized carbons (Fsp3) is 0.125. The largest absolute Gasteiger partial charge is 0.319 e. The van der Waals surface area contributed by atoms with Gasteiger partial charge in [0.05, 0.1) is 5.69 Å². The second kappa shape index (κ2) is 8.13. The zero-order valence-corrected chi connectivity index (χ0v) is 17.7. The monoisotopic (exact) mass is 416 g/mol. The molecule has 6 heteroatoms. The van der Waals surface area contributed by atoms with Crippen LogP contribution in [0.5, 0.6) is 0 Å². The summed E-state index contributed by atoms with van der Waals surface area (Å²) in [6.45, 7) is 5.98. The molecule has 1 N–H and O–H groups in total. The summed E-state index contributed by atoms with van der Waals surface area (Å²) in [4.78, 5) is 17.4. The predicted octanol–water partition coefficient (Wildman–Crippen LogP) is 5.77. The zero-order chi connectivity index (χ0) is 21.3. The third-order valence-electron chi connectivity index (χ3n) is 4.80. The summed E-state index contributed by atoms with van der Waals surface area (Å²) < 4.78 is 1.68. The lowest BCUT2D eigenvalue weighted by atomic mass is 10.1. The van der Waals surface area contributed by atoms with Gasteiger partial charge >= 0.3 is 0 Å². The molecule has 1 heterocycles. The van der Waals surface area contributed by atoms with Crippen molar-refractivity contribution < 1.29 is 4.79 Å². The molecule has 0 saturated heterocycles. The van der Waals surface area contributed by atoms with Gasteiger partial charge in [-0.25, -0.2) is 9.67 Å². The number of amides is 1. The van der Waals surface area contributed by atoms with E-state index >= 15 is 0 Å². The van der Waals surface area contributed by atoms with Crippen molar-refractivity contribution in [3.8, 4) is 17.1 Å². The third kappa shape index (κ3) is 4.11. The van der Waals surface area contributed by atoms with Crippen molar-refractivity contribution in [2.24, 2.45) is 0 Å². The maximum atomic E-state index is 12.9. The number of aryl methyl sites for hydroxylation is 3. The summed E-state index contributed by atoms with van der Waals surface area (Å²) in [5, 5.41) is 7.99. The van der Waals surface area contributed by atoms with E-state index in [0.717, 1.165) is 27.9 Å². The van der Waals surface area contributed by atoms with Crippen molar-refractivity contribution in [1.82, 2.24) is 14.8 Å². The number of hydrogen-bond acceptors (Lipinski definition) is 3. The molecule has 0 radical (unpaired) electrons. The Kier molecular flexibility index (Phi) is 5.38. The van der Waals surface area contributed by atoms with Crippen LogP contribution in [0.3, 0.4) is 0 Å². The average Bonchev–Trinajstić information content (AvgIpc) is 3.17. The summed E-state index contributed by atoms with van der Waals surface area (Å²) in [5.74, 6) is 0.302. The van der Waals surface area contributed by atoms with E-state index in [0.29, 0.717) is 16.5 Å². The second-order valence-corrected chi connectivity index (χ2v) is 7.73. The minimum atomic E-state index is -0.369. The molecule has 1 aromatic heterocycles. The third-order valence-corrected chi connectivity index (χ3v) is 5.03. The fourth-order valence-electron chi connectivity index (χ4n) is 3.18. The minimum absolute atomic E-state index is 0.0893. The fourth-order valence-corrected chi connectivity index (χ4v) is 3.35. The Hall–Kier alpha value is -3.44. The van der Waals surface area contributed by atoms with E-state index in [2.05, 4.69) is 15.4 Å². The Morgan fingerprint density at radius 3 is 2.43 bits per heavy atom. The van der Waals surface area contributed by atoms with E-state index < -0.39 is 0 Å². The van der Waals surface area contributed by atoms with Gasteiger partial charge < -0.3 is 5.32 Å². The zero-order valence-electron chi connectivity index (χ0n) is 17.0. The SMILES string of the molecule is Cc1ccc(NC(=O)c2nc(-c3cccc(C)c3)n(-c3cc(Cl)ccc3C)n2)cc1. The molecule has 0 unspecified atom stereocenters. The molecule has 0 spiro atoms. The van der Waals surface area contributed by atoms with E-state index in [9.17, 15) is 4.79 Å². The standard InChI is InChI=1S/C24H21ClN4O/c1-15-7-11-20(12-8-15)26-24(30)22-27-23(18-6-4-5-16(2)13-18)29(28-22)21-14-19(25)10-9-17(21)3/h4-14H,1-3H3,(H,26,30). The van der Waals surface area contributed by atoms with Gasteiger partial charge in [0.2, 0.25) is 5.82 Å². The van der Waals surface area contributed by atoms with E-state index in [-0.39, 0.29) is 11.7 Å². The Labute approximate surface area is 180 Å². The first kappa shape index (κ1) is 19.9. The van der Waals surface area contributed by atoms with Gasteiger partial charge in [-0.05, 0) is 56.7 Å². The maximum absolute atomic E-state index is 12.9. The van der Waals surface area contributed by atoms with Crippen molar-refractivity contribution in [1.29, 1.82) is 0 Å². The first-order valence-electron chi connectivity index (χ1n) is 9.59. The first-order chi connectivity index (χ1) is 14.4. The summed E-state index contributed by atoms with van der Waals surface area (Å²) in [5.41, 5.74) is 5.53. The van der Waals surface area contributed by atoms with Gasteiger partial charge in [-0.15, -0.1) is 5.10 Å². The highest BCUT2D eigenvalue weighted by molar-refractivity contribution is 6.30. The molecule has 30 heavy (non-hydrogen) atoms. The lowest BCUT2D eigenvalue weighted by Gasteiger charge is -2.10. The molecule has 0 aliphatic heterocycles. The quantitative estimate of drug-likeness (QED) is 0.459. The van der Waals surface area contributed by atoms with Gasteiger partial charge in [-0.2, -0.15) is 0 Å². The summed E-state index contributed by atoms with van der Waals surface area (Å²) in [6, 6.07) is 21.1. The first-order valence-corrected chi connectivity index (χ1v) is 9.97. The van der Waals surface area contributed by atoms with Crippen molar-refractivity contribution >= 4 is 23.2 Å². The van der Waals surface area contributed by atoms with Crippen LogP contribution in [0.2, 0.25) is 5.02 Å². The number of nitrogens with zero attached hydrogens (tertiary/aromatic N) is 3. The van der Waals surface area contributed by atoms with Crippen molar-refractivity contribution in [2.75, 3.05) is 5.32 Å². The molecule has 150 valence electrons. The normalized spacial score (nSPS) is 10.8. The highest BCUT2D eigenvalue weighted by atomic mass is 35.5. The number of halogens is 1. The Balaban J connectivity index is 1.80. The predicted molar refractivity (Wildman–Crippen MR) is 120 cm³/mol. The number of anilines is 1. The van der Waals surface area contributed by atoms with Gasteiger partial charge in [0.15, 0.2) is 5.82 Å². The van der Waals surface area contributed by atoms with Crippen LogP contribution in [0.25, 0.3) is 17.1 Å². The van der Waals surface area contributed by atoms with Gasteiger partial charge in [0, 0.05) is 16.3 Å². The number of hydrogen-bond donors (Lipinski definition) is 1. The highest BCUT2D eigenvalue weighted by Gasteiger charge is 2.20. The molecule has 0 bridgehead atoms. The number of benzene rings is 3. The van der Waals surface area contributed by atoms with Gasteiger partial charge in [-0.3, -0.25) is 4.79 Å². The Bertz CT molecular complexity index is 1230. The topological polar surface area (TPSA) is 59.8 Å².